The van der Waals surface area contributed by atoms with Crippen LogP contribution in [0, 0.1) is 5.82 Å². The molecule has 1 aromatic carbocycles. The first-order valence-electron chi connectivity index (χ1n) is 6.92. The summed E-state index contributed by atoms with van der Waals surface area (Å²) in [5, 5.41) is 31.2. The minimum absolute atomic E-state index is 0.0468. The Morgan fingerprint density at radius 2 is 2.08 bits per heavy atom. The second kappa shape index (κ2) is 6.26. The van der Waals surface area contributed by atoms with Gasteiger partial charge in [0.25, 0.3) is 0 Å². The molecule has 0 aliphatic carbocycles. The van der Waals surface area contributed by atoms with E-state index < -0.39 is 18.6 Å². The van der Waals surface area contributed by atoms with Crippen LogP contribution in [-0.4, -0.2) is 37.1 Å². The summed E-state index contributed by atoms with van der Waals surface area (Å²) in [6, 6.07) is 7.11. The molecule has 0 aliphatic rings. The second-order valence-electron chi connectivity index (χ2n) is 5.01. The Morgan fingerprint density at radius 3 is 2.83 bits per heavy atom. The Kier molecular flexibility index (Phi) is 4.15. The molecule has 0 saturated heterocycles. The number of hydrogen-bond donors (Lipinski definition) is 4. The summed E-state index contributed by atoms with van der Waals surface area (Å²) in [5.74, 6) is -0.534. The van der Waals surface area contributed by atoms with Crippen molar-refractivity contribution in [2.24, 2.45) is 0 Å². The van der Waals surface area contributed by atoms with Crippen LogP contribution in [0.3, 0.4) is 0 Å². The number of rotatable bonds is 4. The molecule has 3 rings (SSSR count). The Hall–Kier alpha value is -2.98. The topological polar surface area (TPSA) is 121 Å². The van der Waals surface area contributed by atoms with Crippen molar-refractivity contribution >= 4 is 29.4 Å². The second-order valence-corrected chi connectivity index (χ2v) is 5.01. The molecule has 0 fully saturated rings. The van der Waals surface area contributed by atoms with Crippen molar-refractivity contribution < 1.29 is 19.6 Å². The molecule has 4 N–H and O–H groups in total. The lowest BCUT2D eigenvalue weighted by Crippen LogP contribution is -2.33. The fourth-order valence-electron chi connectivity index (χ4n) is 2.27. The first kappa shape index (κ1) is 15.9. The fourth-order valence-corrected chi connectivity index (χ4v) is 2.27. The van der Waals surface area contributed by atoms with Gasteiger partial charge in [-0.2, -0.15) is 4.98 Å². The van der Waals surface area contributed by atoms with E-state index in [1.807, 2.05) is 0 Å². The predicted octanol–water partition coefficient (Wildman–Crippen LogP) is -0.540. The molecule has 8 nitrogen and oxygen atoms in total. The lowest BCUT2D eigenvalue weighted by Gasteiger charge is -2.10. The number of benzene rings is 1. The average molecular weight is 330 g/mol. The van der Waals surface area contributed by atoms with E-state index in [1.165, 1.54) is 18.3 Å². The molecule has 0 amide bonds. The van der Waals surface area contributed by atoms with Gasteiger partial charge in [-0.05, 0) is 23.8 Å². The van der Waals surface area contributed by atoms with Crippen LogP contribution in [-0.2, 0) is 6.54 Å². The van der Waals surface area contributed by atoms with Gasteiger partial charge < -0.3 is 20.6 Å². The lowest BCUT2D eigenvalue weighted by atomic mass is 9.79. The maximum absolute atomic E-state index is 13.5. The molecule has 10 heteroatoms. The van der Waals surface area contributed by atoms with Crippen LogP contribution >= 0.6 is 0 Å². The number of halogens is 1. The van der Waals surface area contributed by atoms with Crippen molar-refractivity contribution in [2.75, 3.05) is 5.32 Å². The van der Waals surface area contributed by atoms with E-state index in [-0.39, 0.29) is 23.5 Å². The largest absolute Gasteiger partial charge is 0.491 e. The van der Waals surface area contributed by atoms with E-state index in [0.29, 0.717) is 15.7 Å². The van der Waals surface area contributed by atoms with Gasteiger partial charge in [0, 0.05) is 18.2 Å². The molecule has 2 aromatic heterocycles. The average Bonchev–Trinajstić information content (AvgIpc) is 2.58. The van der Waals surface area contributed by atoms with Gasteiger partial charge in [-0.15, -0.1) is 4.73 Å². The number of nitrogens with one attached hydrogen (secondary N) is 1. The Balaban J connectivity index is 1.93. The highest BCUT2D eigenvalue weighted by molar-refractivity contribution is 6.58. The molecule has 0 aliphatic heterocycles. The summed E-state index contributed by atoms with van der Waals surface area (Å²) < 4.78 is 13.8. The zero-order valence-electron chi connectivity index (χ0n) is 12.2. The van der Waals surface area contributed by atoms with Gasteiger partial charge in [-0.1, -0.05) is 12.1 Å². The highest BCUT2D eigenvalue weighted by Gasteiger charge is 2.17. The maximum atomic E-state index is 13.5. The van der Waals surface area contributed by atoms with Gasteiger partial charge in [-0.3, -0.25) is 0 Å². The highest BCUT2D eigenvalue weighted by Crippen LogP contribution is 2.17. The van der Waals surface area contributed by atoms with E-state index in [4.69, 9.17) is 10.0 Å². The number of hydrogen-bond acceptors (Lipinski definition) is 7. The first-order chi connectivity index (χ1) is 11.5. The minimum atomic E-state index is -1.92. The summed E-state index contributed by atoms with van der Waals surface area (Å²) in [4.78, 5) is 19.3. The molecule has 24 heavy (non-hydrogen) atoms. The number of pyridine rings is 1. The third-order valence-corrected chi connectivity index (χ3v) is 3.43. The van der Waals surface area contributed by atoms with Gasteiger partial charge in [0.05, 0.1) is 5.39 Å². The SMILES string of the molecule is O=c1nc(NCc2ccc(F)c(B(O)O)c2)c2cccnc2n1O. The molecule has 122 valence electrons. The van der Waals surface area contributed by atoms with E-state index in [0.717, 1.165) is 6.07 Å². The van der Waals surface area contributed by atoms with Crippen molar-refractivity contribution in [3.63, 3.8) is 0 Å². The third kappa shape index (κ3) is 2.92. The van der Waals surface area contributed by atoms with Crippen LogP contribution in [0.4, 0.5) is 10.2 Å². The van der Waals surface area contributed by atoms with Crippen LogP contribution in [0.2, 0.25) is 0 Å². The van der Waals surface area contributed by atoms with Gasteiger partial charge in [0.1, 0.15) is 11.6 Å². The molecular formula is C14H12BFN4O4. The standard InChI is InChI=1S/C14H12BFN4O4/c16-11-4-3-8(6-10(11)15(22)23)7-18-12-9-2-1-5-17-13(9)20(24)14(21)19-12/h1-6,22-24H,7H2,(H,18,19,21). The van der Waals surface area contributed by atoms with Crippen LogP contribution in [0.25, 0.3) is 11.0 Å². The summed E-state index contributed by atoms with van der Waals surface area (Å²) >= 11 is 0. The maximum Gasteiger partial charge on any atom is 0.491 e. The van der Waals surface area contributed by atoms with E-state index in [2.05, 4.69) is 15.3 Å². The van der Waals surface area contributed by atoms with Gasteiger partial charge in [0.15, 0.2) is 5.65 Å². The van der Waals surface area contributed by atoms with Crippen molar-refractivity contribution in [2.45, 2.75) is 6.54 Å². The number of nitrogens with zero attached hydrogens (tertiary/aromatic N) is 3. The van der Waals surface area contributed by atoms with Crippen molar-refractivity contribution in [3.05, 3.63) is 58.4 Å². The van der Waals surface area contributed by atoms with Gasteiger partial charge in [0.2, 0.25) is 0 Å². The van der Waals surface area contributed by atoms with E-state index >= 15 is 0 Å². The normalized spacial score (nSPS) is 10.8. The summed E-state index contributed by atoms with van der Waals surface area (Å²) in [7, 11) is -1.92. The summed E-state index contributed by atoms with van der Waals surface area (Å²) in [6.07, 6.45) is 1.42. The number of fused-ring (bicyclic) bond motifs is 1. The monoisotopic (exact) mass is 330 g/mol. The molecule has 0 radical (unpaired) electrons. The molecule has 0 atom stereocenters. The number of aromatic nitrogens is 3. The highest BCUT2D eigenvalue weighted by atomic mass is 19.1. The van der Waals surface area contributed by atoms with Crippen molar-refractivity contribution in [1.82, 2.24) is 14.7 Å². The molecule has 0 spiro atoms. The summed E-state index contributed by atoms with van der Waals surface area (Å²) in [6.45, 7) is 0.145. The van der Waals surface area contributed by atoms with Crippen LogP contribution in [0.15, 0.2) is 41.3 Å². The van der Waals surface area contributed by atoms with E-state index in [1.54, 1.807) is 12.1 Å². The molecular weight excluding hydrogens is 318 g/mol. The van der Waals surface area contributed by atoms with Crippen LogP contribution < -0.4 is 16.5 Å². The molecule has 2 heterocycles. The number of anilines is 1. The molecule has 3 aromatic rings. The fraction of sp³-hybridized carbons (Fsp3) is 0.0714. The third-order valence-electron chi connectivity index (χ3n) is 3.43. The first-order valence-corrected chi connectivity index (χ1v) is 6.92. The van der Waals surface area contributed by atoms with Crippen molar-refractivity contribution in [3.8, 4) is 0 Å². The zero-order chi connectivity index (χ0) is 17.3. The molecule has 0 bridgehead atoms. The minimum Gasteiger partial charge on any atom is -0.423 e. The van der Waals surface area contributed by atoms with Crippen LogP contribution in [0.5, 0.6) is 0 Å². The van der Waals surface area contributed by atoms with Gasteiger partial charge in [-0.25, -0.2) is 14.2 Å². The molecule has 0 saturated carbocycles. The molecule has 0 unspecified atom stereocenters. The Labute approximate surface area is 135 Å². The Bertz CT molecular complexity index is 963. The lowest BCUT2D eigenvalue weighted by molar-refractivity contribution is 0.182. The van der Waals surface area contributed by atoms with Crippen LogP contribution in [0.1, 0.15) is 5.56 Å². The smallest absolute Gasteiger partial charge is 0.423 e. The Morgan fingerprint density at radius 1 is 1.29 bits per heavy atom. The van der Waals surface area contributed by atoms with Crippen molar-refractivity contribution in [1.29, 1.82) is 0 Å². The predicted molar refractivity (Wildman–Crippen MR) is 84.5 cm³/mol. The quantitative estimate of drug-likeness (QED) is 0.374. The van der Waals surface area contributed by atoms with E-state index in [9.17, 15) is 14.4 Å². The summed E-state index contributed by atoms with van der Waals surface area (Å²) in [5.41, 5.74) is -0.550. The van der Waals surface area contributed by atoms with Gasteiger partial charge >= 0.3 is 12.8 Å². The zero-order valence-corrected chi connectivity index (χ0v) is 12.2.